The van der Waals surface area contributed by atoms with Crippen molar-refractivity contribution in [2.75, 3.05) is 6.61 Å². The van der Waals surface area contributed by atoms with Gasteiger partial charge >= 0.3 is 5.97 Å². The third-order valence-electron chi connectivity index (χ3n) is 5.77. The van der Waals surface area contributed by atoms with Gasteiger partial charge in [0.2, 0.25) is 0 Å². The molecule has 2 heterocycles. The lowest BCUT2D eigenvalue weighted by atomic mass is 9.78. The molecule has 8 nitrogen and oxygen atoms in total. The van der Waals surface area contributed by atoms with Crippen molar-refractivity contribution in [1.82, 2.24) is 9.55 Å². The molecule has 0 saturated heterocycles. The van der Waals surface area contributed by atoms with Crippen molar-refractivity contribution in [2.24, 2.45) is 5.73 Å². The van der Waals surface area contributed by atoms with Crippen LogP contribution in [0.4, 0.5) is 4.39 Å². The number of esters is 1. The van der Waals surface area contributed by atoms with Crippen LogP contribution in [0.2, 0.25) is 0 Å². The Balaban J connectivity index is 1.35. The summed E-state index contributed by atoms with van der Waals surface area (Å²) in [5, 5.41) is 10.6. The fourth-order valence-electron chi connectivity index (χ4n) is 3.98. The number of hydrogen-bond acceptors (Lipinski definition) is 6. The number of primary amides is 1. The number of fused-ring (bicyclic) bond motifs is 3. The molecule has 0 radical (unpaired) electrons. The van der Waals surface area contributed by atoms with Crippen LogP contribution >= 0.6 is 0 Å². The largest absolute Gasteiger partial charge is 0.491 e. The number of rotatable bonds is 3. The van der Waals surface area contributed by atoms with Gasteiger partial charge in [-0.15, -0.1) is 0 Å². The molecule has 172 valence electrons. The topological polar surface area (TPSA) is 117 Å². The summed E-state index contributed by atoms with van der Waals surface area (Å²) in [6.07, 6.45) is 1.30. The maximum atomic E-state index is 14.7. The van der Waals surface area contributed by atoms with Crippen LogP contribution in [-0.4, -0.2) is 44.8 Å². The van der Waals surface area contributed by atoms with Gasteiger partial charge in [0.25, 0.3) is 5.91 Å². The molecule has 1 saturated carbocycles. The van der Waals surface area contributed by atoms with E-state index in [0.29, 0.717) is 23.5 Å². The van der Waals surface area contributed by atoms with E-state index >= 15 is 0 Å². The molecule has 1 aliphatic heterocycles. The summed E-state index contributed by atoms with van der Waals surface area (Å²) in [7, 11) is 0. The Morgan fingerprint density at radius 2 is 2.03 bits per heavy atom. The zero-order valence-electron chi connectivity index (χ0n) is 18.0. The van der Waals surface area contributed by atoms with Crippen LogP contribution in [0.5, 0.6) is 5.75 Å². The molecule has 0 unspecified atom stereocenters. The monoisotopic (exact) mass is 461 g/mol. The summed E-state index contributed by atoms with van der Waals surface area (Å²) in [5.74, 6) is 4.33. The number of carbonyl (C=O) groups is 2. The molecule has 2 aliphatic rings. The Morgan fingerprint density at radius 3 is 2.76 bits per heavy atom. The molecule has 1 amide bonds. The van der Waals surface area contributed by atoms with E-state index in [2.05, 4.69) is 16.8 Å². The van der Waals surface area contributed by atoms with Crippen molar-refractivity contribution in [2.45, 2.75) is 31.1 Å². The van der Waals surface area contributed by atoms with E-state index in [-0.39, 0.29) is 36.5 Å². The summed E-state index contributed by atoms with van der Waals surface area (Å²) < 4.78 is 27.4. The molecular formula is C25H20FN3O5. The van der Waals surface area contributed by atoms with Gasteiger partial charge < -0.3 is 24.9 Å². The third kappa shape index (κ3) is 4.11. The van der Waals surface area contributed by atoms with E-state index < -0.39 is 29.4 Å². The Hall–Kier alpha value is -4.16. The van der Waals surface area contributed by atoms with Crippen LogP contribution < -0.4 is 10.5 Å². The Kier molecular flexibility index (Phi) is 5.30. The van der Waals surface area contributed by atoms with Crippen LogP contribution in [0.1, 0.15) is 39.3 Å². The van der Waals surface area contributed by atoms with Crippen LogP contribution in [0.15, 0.2) is 48.7 Å². The highest BCUT2D eigenvalue weighted by molar-refractivity contribution is 5.91. The lowest BCUT2D eigenvalue weighted by Gasteiger charge is -2.38. The van der Waals surface area contributed by atoms with E-state index in [1.807, 2.05) is 0 Å². The highest BCUT2D eigenvalue weighted by Gasteiger charge is 2.44. The van der Waals surface area contributed by atoms with Gasteiger partial charge in [-0.2, -0.15) is 0 Å². The van der Waals surface area contributed by atoms with Crippen molar-refractivity contribution >= 4 is 11.9 Å². The second kappa shape index (κ2) is 8.32. The number of hydrogen-bond donors (Lipinski definition) is 2. The second-order valence-electron chi connectivity index (χ2n) is 8.27. The Labute approximate surface area is 194 Å². The minimum Gasteiger partial charge on any atom is -0.491 e. The first kappa shape index (κ1) is 21.7. The molecule has 3 aromatic rings. The van der Waals surface area contributed by atoms with Gasteiger partial charge in [0.15, 0.2) is 0 Å². The highest BCUT2D eigenvalue weighted by atomic mass is 19.1. The summed E-state index contributed by atoms with van der Waals surface area (Å²) in [6.45, 7) is 0.678. The van der Waals surface area contributed by atoms with E-state index in [9.17, 15) is 19.1 Å². The van der Waals surface area contributed by atoms with Gasteiger partial charge in [-0.3, -0.25) is 4.79 Å². The standard InChI is InChI=1S/C25H20FN3O5/c26-19-11-21-18(23-28-20(22(27)30)14-29(23)8-9-33-21)10-16(19)6-7-25(32)12-17(13-25)34-24(31)15-4-2-1-3-5-15/h1-5,10-11,14,17,32H,8-9,12-13H2,(H2,27,30). The lowest BCUT2D eigenvalue weighted by Crippen LogP contribution is -2.48. The van der Waals surface area contributed by atoms with E-state index in [0.717, 1.165) is 0 Å². The first-order valence-electron chi connectivity index (χ1n) is 10.7. The van der Waals surface area contributed by atoms with Gasteiger partial charge in [-0.25, -0.2) is 14.2 Å². The van der Waals surface area contributed by atoms with Crippen LogP contribution in [0.25, 0.3) is 11.4 Å². The molecule has 0 atom stereocenters. The van der Waals surface area contributed by atoms with Crippen molar-refractivity contribution in [3.63, 3.8) is 0 Å². The number of ether oxygens (including phenoxy) is 2. The quantitative estimate of drug-likeness (QED) is 0.457. The summed E-state index contributed by atoms with van der Waals surface area (Å²) >= 11 is 0. The summed E-state index contributed by atoms with van der Waals surface area (Å²) in [4.78, 5) is 28.0. The molecule has 5 rings (SSSR count). The first-order valence-corrected chi connectivity index (χ1v) is 10.7. The molecule has 34 heavy (non-hydrogen) atoms. The Bertz CT molecular complexity index is 1350. The average Bonchev–Trinajstić information content (AvgIpc) is 3.15. The number of nitrogens with two attached hydrogens (primary N) is 1. The van der Waals surface area contributed by atoms with E-state index in [4.69, 9.17) is 15.2 Å². The van der Waals surface area contributed by atoms with Crippen LogP contribution in [-0.2, 0) is 11.3 Å². The van der Waals surface area contributed by atoms with Gasteiger partial charge in [-0.05, 0) is 18.2 Å². The van der Waals surface area contributed by atoms with Crippen molar-refractivity contribution in [3.05, 3.63) is 71.3 Å². The van der Waals surface area contributed by atoms with Crippen molar-refractivity contribution in [1.29, 1.82) is 0 Å². The van der Waals surface area contributed by atoms with E-state index in [1.54, 1.807) is 34.9 Å². The predicted molar refractivity (Wildman–Crippen MR) is 118 cm³/mol. The molecule has 0 bridgehead atoms. The molecular weight excluding hydrogens is 441 g/mol. The fourth-order valence-corrected chi connectivity index (χ4v) is 3.98. The maximum Gasteiger partial charge on any atom is 0.338 e. The predicted octanol–water partition coefficient (Wildman–Crippen LogP) is 2.28. The normalized spacial score (nSPS) is 20.4. The summed E-state index contributed by atoms with van der Waals surface area (Å²) in [5.41, 5.74) is 4.98. The number of aliphatic hydroxyl groups is 1. The second-order valence-corrected chi connectivity index (χ2v) is 8.27. The number of carbonyl (C=O) groups excluding carboxylic acids is 2. The minimum absolute atomic E-state index is 0.0394. The zero-order valence-corrected chi connectivity index (χ0v) is 18.0. The highest BCUT2D eigenvalue weighted by Crippen LogP contribution is 2.36. The average molecular weight is 461 g/mol. The van der Waals surface area contributed by atoms with Crippen LogP contribution in [0.3, 0.4) is 0 Å². The van der Waals surface area contributed by atoms with E-state index in [1.165, 1.54) is 18.3 Å². The number of amides is 1. The minimum atomic E-state index is -1.39. The molecule has 1 aromatic heterocycles. The summed E-state index contributed by atoms with van der Waals surface area (Å²) in [6, 6.07) is 11.3. The zero-order chi connectivity index (χ0) is 23.9. The molecule has 9 heteroatoms. The SMILES string of the molecule is NC(=O)c1cn2c(n1)-c1cc(C#CC3(O)CC(OC(=O)c4ccccc4)C3)c(F)cc1OCC2. The lowest BCUT2D eigenvalue weighted by molar-refractivity contribution is -0.0833. The molecule has 1 aliphatic carbocycles. The van der Waals surface area contributed by atoms with Gasteiger partial charge in [-0.1, -0.05) is 30.0 Å². The van der Waals surface area contributed by atoms with Gasteiger partial charge in [0, 0.05) is 25.1 Å². The number of benzene rings is 2. The molecule has 3 N–H and O–H groups in total. The number of aromatic nitrogens is 2. The van der Waals surface area contributed by atoms with Crippen LogP contribution in [0, 0.1) is 17.7 Å². The van der Waals surface area contributed by atoms with Crippen molar-refractivity contribution < 1.29 is 28.6 Å². The fraction of sp³-hybridized carbons (Fsp3) is 0.240. The maximum absolute atomic E-state index is 14.7. The van der Waals surface area contributed by atoms with Gasteiger partial charge in [0.1, 0.15) is 41.4 Å². The molecule has 0 spiro atoms. The number of nitrogens with zero attached hydrogens (tertiary/aromatic N) is 2. The molecule has 1 fully saturated rings. The number of imidazole rings is 1. The first-order chi connectivity index (χ1) is 16.3. The van der Waals surface area contributed by atoms with Gasteiger partial charge in [0.05, 0.1) is 23.2 Å². The molecule has 2 aromatic carbocycles. The smallest absolute Gasteiger partial charge is 0.338 e. The third-order valence-corrected chi connectivity index (χ3v) is 5.77. The Morgan fingerprint density at radius 1 is 1.26 bits per heavy atom. The van der Waals surface area contributed by atoms with Crippen molar-refractivity contribution in [3.8, 4) is 29.0 Å². The number of halogens is 1.